The number of esters is 1. The van der Waals surface area contributed by atoms with E-state index in [0.717, 1.165) is 18.2 Å². The molecule has 0 fully saturated rings. The second-order valence-corrected chi connectivity index (χ2v) is 5.59. The van der Waals surface area contributed by atoms with Crippen molar-refractivity contribution in [3.8, 4) is 0 Å². The molecule has 1 amide bonds. The summed E-state index contributed by atoms with van der Waals surface area (Å²) in [6, 6.07) is 9.37. The standard InChI is InChI=1S/C17H13ClN2O6/c1-10(21)19-12-4-2-11(3-5-12)16(22)9-26-17(23)14-7-6-13(20(24)25)8-15(14)18/h2-8H,9H2,1H3,(H,19,21). The Morgan fingerprint density at radius 1 is 1.15 bits per heavy atom. The lowest BCUT2D eigenvalue weighted by atomic mass is 10.1. The van der Waals surface area contributed by atoms with E-state index in [-0.39, 0.29) is 22.2 Å². The molecule has 0 aliphatic heterocycles. The topological polar surface area (TPSA) is 116 Å². The first-order valence-electron chi connectivity index (χ1n) is 7.30. The lowest BCUT2D eigenvalue weighted by molar-refractivity contribution is -0.384. The number of hydrogen-bond donors (Lipinski definition) is 1. The summed E-state index contributed by atoms with van der Waals surface area (Å²) in [6.45, 7) is 0.841. The molecule has 134 valence electrons. The molecule has 9 heteroatoms. The number of nitro benzene ring substituents is 1. The highest BCUT2D eigenvalue weighted by molar-refractivity contribution is 6.33. The molecule has 0 saturated carbocycles. The monoisotopic (exact) mass is 376 g/mol. The fourth-order valence-electron chi connectivity index (χ4n) is 2.02. The minimum absolute atomic E-state index is 0.0777. The van der Waals surface area contributed by atoms with E-state index in [1.165, 1.54) is 19.1 Å². The molecule has 0 heterocycles. The van der Waals surface area contributed by atoms with Crippen molar-refractivity contribution in [1.82, 2.24) is 0 Å². The lowest BCUT2D eigenvalue weighted by Gasteiger charge is -2.07. The Morgan fingerprint density at radius 2 is 1.81 bits per heavy atom. The van der Waals surface area contributed by atoms with E-state index in [4.69, 9.17) is 16.3 Å². The normalized spacial score (nSPS) is 10.1. The minimum atomic E-state index is -0.867. The number of ketones is 1. The number of Topliss-reactive ketones (excluding diaryl/α,β-unsaturated/α-hetero) is 1. The number of nitro groups is 1. The average molecular weight is 377 g/mol. The molecule has 0 aliphatic rings. The number of ether oxygens (including phenoxy) is 1. The predicted molar refractivity (Wildman–Crippen MR) is 93.5 cm³/mol. The first-order valence-corrected chi connectivity index (χ1v) is 7.67. The van der Waals surface area contributed by atoms with Gasteiger partial charge in [0.1, 0.15) is 0 Å². The number of benzene rings is 2. The molecule has 0 aromatic heterocycles. The van der Waals surface area contributed by atoms with E-state index >= 15 is 0 Å². The summed E-state index contributed by atoms with van der Waals surface area (Å²) in [6.07, 6.45) is 0. The van der Waals surface area contributed by atoms with Gasteiger partial charge in [-0.1, -0.05) is 11.6 Å². The number of hydrogen-bond acceptors (Lipinski definition) is 6. The summed E-state index contributed by atoms with van der Waals surface area (Å²) < 4.78 is 4.91. The third kappa shape index (κ3) is 4.87. The Labute approximate surface area is 152 Å². The van der Waals surface area contributed by atoms with Gasteiger partial charge in [-0.3, -0.25) is 19.7 Å². The van der Waals surface area contributed by atoms with Crippen LogP contribution in [0, 0.1) is 10.1 Å². The van der Waals surface area contributed by atoms with Crippen LogP contribution in [0.2, 0.25) is 5.02 Å². The van der Waals surface area contributed by atoms with Gasteiger partial charge in [-0.25, -0.2) is 4.79 Å². The molecular weight excluding hydrogens is 364 g/mol. The van der Waals surface area contributed by atoms with E-state index < -0.39 is 23.3 Å². The van der Waals surface area contributed by atoms with Crippen LogP contribution < -0.4 is 5.32 Å². The van der Waals surface area contributed by atoms with Crippen molar-refractivity contribution in [3.63, 3.8) is 0 Å². The molecule has 0 bridgehead atoms. The Balaban J connectivity index is 1.99. The Morgan fingerprint density at radius 3 is 2.35 bits per heavy atom. The van der Waals surface area contributed by atoms with Gasteiger partial charge < -0.3 is 10.1 Å². The first-order chi connectivity index (χ1) is 12.3. The Bertz CT molecular complexity index is 879. The van der Waals surface area contributed by atoms with E-state index in [1.807, 2.05) is 0 Å². The third-order valence-corrected chi connectivity index (χ3v) is 3.56. The van der Waals surface area contributed by atoms with Crippen LogP contribution in [0.4, 0.5) is 11.4 Å². The van der Waals surface area contributed by atoms with Gasteiger partial charge in [0.05, 0.1) is 15.5 Å². The van der Waals surface area contributed by atoms with Gasteiger partial charge in [0.25, 0.3) is 5.69 Å². The van der Waals surface area contributed by atoms with Crippen LogP contribution in [0.5, 0.6) is 0 Å². The molecule has 1 N–H and O–H groups in total. The smallest absolute Gasteiger partial charge is 0.340 e. The molecule has 26 heavy (non-hydrogen) atoms. The van der Waals surface area contributed by atoms with Crippen molar-refractivity contribution in [2.24, 2.45) is 0 Å². The van der Waals surface area contributed by atoms with Gasteiger partial charge in [0.15, 0.2) is 12.4 Å². The number of nitrogens with one attached hydrogen (secondary N) is 1. The highest BCUT2D eigenvalue weighted by Gasteiger charge is 2.17. The average Bonchev–Trinajstić information content (AvgIpc) is 2.59. The fourth-order valence-corrected chi connectivity index (χ4v) is 2.27. The number of rotatable bonds is 6. The van der Waals surface area contributed by atoms with Crippen molar-refractivity contribution in [3.05, 3.63) is 68.7 Å². The number of anilines is 1. The number of non-ortho nitro benzene ring substituents is 1. The summed E-state index contributed by atoms with van der Waals surface area (Å²) in [7, 11) is 0. The predicted octanol–water partition coefficient (Wildman–Crippen LogP) is 3.25. The van der Waals surface area contributed by atoms with Crippen LogP contribution in [0.1, 0.15) is 27.6 Å². The second-order valence-electron chi connectivity index (χ2n) is 5.18. The lowest BCUT2D eigenvalue weighted by Crippen LogP contribution is -2.15. The molecule has 0 spiro atoms. The van der Waals surface area contributed by atoms with Crippen LogP contribution >= 0.6 is 11.6 Å². The zero-order valence-corrected chi connectivity index (χ0v) is 14.3. The van der Waals surface area contributed by atoms with Crippen molar-refractivity contribution in [2.45, 2.75) is 6.92 Å². The quantitative estimate of drug-likeness (QED) is 0.358. The zero-order valence-electron chi connectivity index (χ0n) is 13.5. The summed E-state index contributed by atoms with van der Waals surface area (Å²) in [4.78, 5) is 45.0. The van der Waals surface area contributed by atoms with Crippen molar-refractivity contribution in [1.29, 1.82) is 0 Å². The van der Waals surface area contributed by atoms with Crippen LogP contribution in [0.25, 0.3) is 0 Å². The third-order valence-electron chi connectivity index (χ3n) is 3.25. The molecule has 2 aromatic rings. The number of amides is 1. The summed E-state index contributed by atoms with van der Waals surface area (Å²) in [5.41, 5.74) is 0.485. The molecule has 0 radical (unpaired) electrons. The zero-order chi connectivity index (χ0) is 19.3. The van der Waals surface area contributed by atoms with Gasteiger partial charge in [-0.2, -0.15) is 0 Å². The SMILES string of the molecule is CC(=O)Nc1ccc(C(=O)COC(=O)c2ccc([N+](=O)[O-])cc2Cl)cc1. The highest BCUT2D eigenvalue weighted by Crippen LogP contribution is 2.23. The van der Waals surface area contributed by atoms with E-state index in [1.54, 1.807) is 12.1 Å². The largest absolute Gasteiger partial charge is 0.454 e. The maximum Gasteiger partial charge on any atom is 0.340 e. The van der Waals surface area contributed by atoms with E-state index in [9.17, 15) is 24.5 Å². The molecule has 2 rings (SSSR count). The first kappa shape index (κ1) is 19.1. The van der Waals surface area contributed by atoms with Crippen molar-refractivity contribution < 1.29 is 24.0 Å². The Kier molecular flexibility index (Phi) is 6.03. The maximum absolute atomic E-state index is 12.1. The second kappa shape index (κ2) is 8.21. The van der Waals surface area contributed by atoms with Crippen LogP contribution in [0.3, 0.4) is 0 Å². The highest BCUT2D eigenvalue weighted by atomic mass is 35.5. The molecule has 0 aliphatic carbocycles. The molecule has 0 saturated heterocycles. The van der Waals surface area contributed by atoms with Gasteiger partial charge >= 0.3 is 5.97 Å². The summed E-state index contributed by atoms with van der Waals surface area (Å²) >= 11 is 5.83. The molecular formula is C17H13ClN2O6. The molecule has 8 nitrogen and oxygen atoms in total. The maximum atomic E-state index is 12.1. The van der Waals surface area contributed by atoms with Gasteiger partial charge in [-0.15, -0.1) is 0 Å². The fraction of sp³-hybridized carbons (Fsp3) is 0.118. The number of carbonyl (C=O) groups is 3. The van der Waals surface area contributed by atoms with E-state index in [0.29, 0.717) is 11.3 Å². The van der Waals surface area contributed by atoms with Crippen LogP contribution in [-0.2, 0) is 9.53 Å². The number of nitrogens with zero attached hydrogens (tertiary/aromatic N) is 1. The molecule has 0 unspecified atom stereocenters. The number of carbonyl (C=O) groups excluding carboxylic acids is 3. The van der Waals surface area contributed by atoms with Gasteiger partial charge in [0, 0.05) is 30.3 Å². The van der Waals surface area contributed by atoms with Gasteiger partial charge in [-0.05, 0) is 30.3 Å². The van der Waals surface area contributed by atoms with Crippen molar-refractivity contribution >= 4 is 40.6 Å². The van der Waals surface area contributed by atoms with Gasteiger partial charge in [0.2, 0.25) is 5.91 Å². The van der Waals surface area contributed by atoms with Crippen molar-refractivity contribution in [2.75, 3.05) is 11.9 Å². The molecule has 0 atom stereocenters. The minimum Gasteiger partial charge on any atom is -0.454 e. The number of halogens is 1. The summed E-state index contributed by atoms with van der Waals surface area (Å²) in [5, 5.41) is 13.1. The van der Waals surface area contributed by atoms with E-state index in [2.05, 4.69) is 5.32 Å². The van der Waals surface area contributed by atoms with Crippen LogP contribution in [0.15, 0.2) is 42.5 Å². The Hall–Kier alpha value is -3.26. The van der Waals surface area contributed by atoms with Crippen LogP contribution in [-0.4, -0.2) is 29.2 Å². The summed E-state index contributed by atoms with van der Waals surface area (Å²) in [5.74, 6) is -1.56. The molecule has 2 aromatic carbocycles.